The molecule has 0 spiro atoms. The molecule has 1 aromatic heterocycles. The van der Waals surface area contributed by atoms with E-state index >= 15 is 0 Å². The fourth-order valence-corrected chi connectivity index (χ4v) is 3.11. The van der Waals surface area contributed by atoms with Crippen molar-refractivity contribution in [2.45, 2.75) is 19.8 Å². The van der Waals surface area contributed by atoms with Crippen LogP contribution in [-0.4, -0.2) is 5.91 Å². The molecule has 0 saturated carbocycles. The van der Waals surface area contributed by atoms with Crippen LogP contribution >= 0.6 is 11.3 Å². The predicted octanol–water partition coefficient (Wildman–Crippen LogP) is 1.37. The van der Waals surface area contributed by atoms with Crippen LogP contribution in [0.5, 0.6) is 0 Å². The van der Waals surface area contributed by atoms with Crippen LogP contribution in [0.25, 0.3) is 0 Å². The Kier molecular flexibility index (Phi) is 2.61. The van der Waals surface area contributed by atoms with Gasteiger partial charge >= 0.3 is 0 Å². The number of hydrogen-bond acceptors (Lipinski definition) is 5. The first-order valence-corrected chi connectivity index (χ1v) is 5.74. The Morgan fingerprint density at radius 3 is 2.94 bits per heavy atom. The molecule has 1 aliphatic heterocycles. The minimum absolute atomic E-state index is 0.215. The van der Waals surface area contributed by atoms with Crippen molar-refractivity contribution in [1.82, 2.24) is 5.43 Å². The van der Waals surface area contributed by atoms with Gasteiger partial charge in [-0.05, 0) is 6.92 Å². The van der Waals surface area contributed by atoms with Crippen LogP contribution < -0.4 is 22.3 Å². The van der Waals surface area contributed by atoms with Crippen LogP contribution in [0.2, 0.25) is 0 Å². The summed E-state index contributed by atoms with van der Waals surface area (Å²) in [5.41, 5.74) is 10.6. The summed E-state index contributed by atoms with van der Waals surface area (Å²) in [5, 5.41) is 4.14. The number of amides is 1. The molecule has 6 heteroatoms. The molecule has 16 heavy (non-hydrogen) atoms. The van der Waals surface area contributed by atoms with E-state index in [1.54, 1.807) is 0 Å². The van der Waals surface area contributed by atoms with E-state index in [1.165, 1.54) is 11.3 Å². The monoisotopic (exact) mass is 238 g/mol. The van der Waals surface area contributed by atoms with Crippen molar-refractivity contribution < 1.29 is 4.79 Å². The third kappa shape index (κ3) is 1.56. The lowest BCUT2D eigenvalue weighted by Crippen LogP contribution is -2.29. The minimum Gasteiger partial charge on any atom is -0.397 e. The van der Waals surface area contributed by atoms with Gasteiger partial charge in [0.05, 0.1) is 10.7 Å². The first kappa shape index (κ1) is 11.0. The average molecular weight is 238 g/mol. The number of nitrogens with two attached hydrogens (primary N) is 2. The van der Waals surface area contributed by atoms with Gasteiger partial charge in [-0.15, -0.1) is 11.3 Å². The number of hydrazine groups is 1. The molecule has 1 amide bonds. The van der Waals surface area contributed by atoms with Gasteiger partial charge in [-0.25, -0.2) is 5.84 Å². The van der Waals surface area contributed by atoms with Gasteiger partial charge in [0.25, 0.3) is 5.91 Å². The predicted molar refractivity (Wildman–Crippen MR) is 66.2 cm³/mol. The standard InChI is InChI=1S/C10H14N4OS/c1-4-3-5(2)13-10-6(4)7(11)8(16-10)9(15)14-12/h3-4,13H,11-12H2,1-2H3,(H,14,15). The largest absolute Gasteiger partial charge is 0.397 e. The molecule has 2 heterocycles. The molecule has 2 rings (SSSR count). The van der Waals surface area contributed by atoms with Crippen molar-refractivity contribution >= 4 is 27.9 Å². The molecule has 0 aliphatic carbocycles. The maximum absolute atomic E-state index is 11.5. The third-order valence-electron chi connectivity index (χ3n) is 2.59. The first-order valence-electron chi connectivity index (χ1n) is 4.93. The lowest BCUT2D eigenvalue weighted by molar-refractivity contribution is 0.0958. The maximum Gasteiger partial charge on any atom is 0.277 e. The number of nitrogens with one attached hydrogen (secondary N) is 2. The number of allylic oxidation sites excluding steroid dienone is 2. The van der Waals surface area contributed by atoms with E-state index in [0.29, 0.717) is 10.6 Å². The lowest BCUT2D eigenvalue weighted by atomic mass is 9.97. The SMILES string of the molecule is CC1=CC(C)c2c(sc(C(=O)NN)c2N)N1. The van der Waals surface area contributed by atoms with Gasteiger partial charge in [0.2, 0.25) is 0 Å². The molecule has 1 aromatic rings. The zero-order valence-electron chi connectivity index (χ0n) is 9.13. The van der Waals surface area contributed by atoms with Crippen molar-refractivity contribution in [3.8, 4) is 0 Å². The van der Waals surface area contributed by atoms with Gasteiger partial charge in [0.1, 0.15) is 4.88 Å². The second-order valence-corrected chi connectivity index (χ2v) is 4.85. The molecule has 1 atom stereocenters. The van der Waals surface area contributed by atoms with Crippen LogP contribution in [0.4, 0.5) is 10.7 Å². The fourth-order valence-electron chi connectivity index (χ4n) is 1.91. The summed E-state index contributed by atoms with van der Waals surface area (Å²) in [4.78, 5) is 12.0. The Morgan fingerprint density at radius 2 is 2.31 bits per heavy atom. The summed E-state index contributed by atoms with van der Waals surface area (Å²) in [6.45, 7) is 4.04. The van der Waals surface area contributed by atoms with Crippen molar-refractivity contribution in [3.05, 3.63) is 22.2 Å². The number of hydrogen-bond donors (Lipinski definition) is 4. The topological polar surface area (TPSA) is 93.2 Å². The first-order chi connectivity index (χ1) is 7.54. The van der Waals surface area contributed by atoms with Crippen molar-refractivity contribution in [2.75, 3.05) is 11.1 Å². The summed E-state index contributed by atoms with van der Waals surface area (Å²) in [6.07, 6.45) is 2.08. The lowest BCUT2D eigenvalue weighted by Gasteiger charge is -2.18. The Morgan fingerprint density at radius 1 is 1.62 bits per heavy atom. The van der Waals surface area contributed by atoms with Crippen molar-refractivity contribution in [2.24, 2.45) is 5.84 Å². The van der Waals surface area contributed by atoms with Crippen LogP contribution in [0.3, 0.4) is 0 Å². The van der Waals surface area contributed by atoms with Gasteiger partial charge in [-0.2, -0.15) is 0 Å². The summed E-state index contributed by atoms with van der Waals surface area (Å²) < 4.78 is 0. The molecule has 0 saturated heterocycles. The van der Waals surface area contributed by atoms with Gasteiger partial charge in [0.15, 0.2) is 0 Å². The molecule has 0 radical (unpaired) electrons. The quantitative estimate of drug-likeness (QED) is 0.338. The molecule has 5 nitrogen and oxygen atoms in total. The highest BCUT2D eigenvalue weighted by Gasteiger charge is 2.25. The number of thiophene rings is 1. The van der Waals surface area contributed by atoms with E-state index in [-0.39, 0.29) is 11.8 Å². The highest BCUT2D eigenvalue weighted by Crippen LogP contribution is 2.43. The van der Waals surface area contributed by atoms with Crippen LogP contribution in [-0.2, 0) is 0 Å². The molecular weight excluding hydrogens is 224 g/mol. The Balaban J connectivity index is 2.50. The number of nitrogen functional groups attached to an aromatic ring is 2. The van der Waals surface area contributed by atoms with Gasteiger partial charge in [-0.3, -0.25) is 10.2 Å². The number of fused-ring (bicyclic) bond motifs is 1. The van der Waals surface area contributed by atoms with Crippen LogP contribution in [0, 0.1) is 0 Å². The van der Waals surface area contributed by atoms with E-state index in [0.717, 1.165) is 16.3 Å². The second-order valence-electron chi connectivity index (χ2n) is 3.82. The highest BCUT2D eigenvalue weighted by atomic mass is 32.1. The Hall–Kier alpha value is -1.53. The van der Waals surface area contributed by atoms with Crippen molar-refractivity contribution in [1.29, 1.82) is 0 Å². The average Bonchev–Trinajstić information content (AvgIpc) is 2.54. The van der Waals surface area contributed by atoms with E-state index in [9.17, 15) is 4.79 Å². The van der Waals surface area contributed by atoms with Crippen LogP contribution in [0.1, 0.15) is 35.0 Å². The number of carbonyl (C=O) groups excluding carboxylic acids is 1. The van der Waals surface area contributed by atoms with E-state index in [2.05, 4.69) is 23.7 Å². The van der Waals surface area contributed by atoms with Crippen molar-refractivity contribution in [3.63, 3.8) is 0 Å². The van der Waals surface area contributed by atoms with E-state index in [4.69, 9.17) is 11.6 Å². The van der Waals surface area contributed by atoms with Gasteiger partial charge in [0, 0.05) is 17.2 Å². The van der Waals surface area contributed by atoms with E-state index < -0.39 is 0 Å². The number of carbonyl (C=O) groups is 1. The zero-order chi connectivity index (χ0) is 11.9. The molecule has 0 bridgehead atoms. The summed E-state index contributed by atoms with van der Waals surface area (Å²) in [6, 6.07) is 0. The summed E-state index contributed by atoms with van der Waals surface area (Å²) in [7, 11) is 0. The molecule has 0 aromatic carbocycles. The van der Waals surface area contributed by atoms with Gasteiger partial charge in [-0.1, -0.05) is 13.0 Å². The van der Waals surface area contributed by atoms with E-state index in [1.807, 2.05) is 6.92 Å². The number of anilines is 2. The summed E-state index contributed by atoms with van der Waals surface area (Å²) >= 11 is 1.33. The second kappa shape index (κ2) is 3.80. The fraction of sp³-hybridized carbons (Fsp3) is 0.300. The maximum atomic E-state index is 11.5. The Labute approximate surface area is 97.5 Å². The molecule has 86 valence electrons. The molecular formula is C10H14N4OS. The smallest absolute Gasteiger partial charge is 0.277 e. The molecule has 6 N–H and O–H groups in total. The van der Waals surface area contributed by atoms with Crippen LogP contribution in [0.15, 0.2) is 11.8 Å². The molecule has 1 unspecified atom stereocenters. The minimum atomic E-state index is -0.344. The zero-order valence-corrected chi connectivity index (χ0v) is 9.94. The molecule has 1 aliphatic rings. The summed E-state index contributed by atoms with van der Waals surface area (Å²) in [5.74, 6) is 4.98. The highest BCUT2D eigenvalue weighted by molar-refractivity contribution is 7.18. The third-order valence-corrected chi connectivity index (χ3v) is 3.72. The molecule has 0 fully saturated rings. The normalized spacial score (nSPS) is 18.4. The van der Waals surface area contributed by atoms with Gasteiger partial charge < -0.3 is 11.1 Å². The Bertz CT molecular complexity index is 477. The number of rotatable bonds is 1.